The van der Waals surface area contributed by atoms with Gasteiger partial charge in [0.1, 0.15) is 47.8 Å². The highest BCUT2D eigenvalue weighted by Crippen LogP contribution is 2.38. The maximum absolute atomic E-state index is 14.7. The van der Waals surface area contributed by atoms with Crippen LogP contribution in [0, 0.1) is 29.6 Å². The van der Waals surface area contributed by atoms with Gasteiger partial charge in [0.05, 0.1) is 89.0 Å². The van der Waals surface area contributed by atoms with E-state index in [1.807, 2.05) is 49.1 Å². The van der Waals surface area contributed by atoms with Crippen molar-refractivity contribution < 1.29 is 96.3 Å². The van der Waals surface area contributed by atoms with Crippen molar-refractivity contribution in [1.29, 1.82) is 0 Å². The zero-order valence-corrected chi connectivity index (χ0v) is 64.9. The monoisotopic (exact) mass is 1530 g/mol. The van der Waals surface area contributed by atoms with Crippen molar-refractivity contribution in [2.24, 2.45) is 35.3 Å². The predicted molar refractivity (Wildman–Crippen MR) is 401 cm³/mol. The number of nitrogens with one attached hydrogen (secondary N) is 1. The lowest BCUT2D eigenvalue weighted by Crippen LogP contribution is -2.61. The number of carbonyl (C=O) groups excluding carboxylic acids is 8. The van der Waals surface area contributed by atoms with Gasteiger partial charge in [0.2, 0.25) is 17.7 Å². The molecule has 0 unspecified atom stereocenters. The molecule has 3 saturated heterocycles. The van der Waals surface area contributed by atoms with Gasteiger partial charge in [-0.2, -0.15) is 4.98 Å². The molecule has 109 heavy (non-hydrogen) atoms. The molecule has 8 N–H and O–H groups in total. The topological polar surface area (TPSA) is 409 Å². The fourth-order valence-electron chi connectivity index (χ4n) is 14.7. The minimum atomic E-state index is -2.52. The summed E-state index contributed by atoms with van der Waals surface area (Å²) in [6, 6.07) is -2.26. The number of ether oxygens (including phenoxy) is 9. The number of allylic oxidation sites excluding steroid dienone is 6. The summed E-state index contributed by atoms with van der Waals surface area (Å²) in [5.41, 5.74) is 16.1. The molecule has 0 aromatic carbocycles. The van der Waals surface area contributed by atoms with Gasteiger partial charge in [-0.25, -0.2) is 24.5 Å². The molecule has 6 aliphatic rings. The Labute approximate surface area is 639 Å². The van der Waals surface area contributed by atoms with Gasteiger partial charge >= 0.3 is 12.1 Å². The van der Waals surface area contributed by atoms with Gasteiger partial charge in [-0.05, 0) is 108 Å². The first-order valence-corrected chi connectivity index (χ1v) is 38.6. The van der Waals surface area contributed by atoms with E-state index in [9.17, 15) is 53.7 Å². The highest BCUT2D eigenvalue weighted by Gasteiger charge is 2.53. The number of aliphatic hydroxyl groups is 3. The van der Waals surface area contributed by atoms with E-state index in [1.165, 1.54) is 33.2 Å². The molecular weight excluding hydrogens is 1410 g/mol. The zero-order valence-electron chi connectivity index (χ0n) is 64.9. The summed E-state index contributed by atoms with van der Waals surface area (Å²) in [7, 11) is 3.08. The molecule has 0 spiro atoms. The van der Waals surface area contributed by atoms with Crippen LogP contribution in [0.4, 0.5) is 22.5 Å². The summed E-state index contributed by atoms with van der Waals surface area (Å²) in [5, 5.41) is 37.5. The molecule has 5 aliphatic heterocycles. The number of nitrogen functional groups attached to an aromatic ring is 1. The molecule has 4 fully saturated rings. The Morgan fingerprint density at radius 2 is 1.41 bits per heavy atom. The second-order valence-corrected chi connectivity index (χ2v) is 29.8. The third kappa shape index (κ3) is 25.0. The molecule has 3 amide bonds. The number of nitrogens with zero attached hydrogens (tertiary/aromatic N) is 8. The number of hydrogen-bond donors (Lipinski definition) is 6. The normalized spacial score (nSPS) is 30.2. The molecule has 7 heterocycles. The number of ketones is 4. The third-order valence-electron chi connectivity index (χ3n) is 21.5. The SMILES string of the molecule is CO[C@H]1C[C@@H]2CC[C@@H](C)[C@@](O)(O2)C(=O)C(=O)N2CCCC[C@H]2C(=O)O[C@H]([C@H](N)C[C@@H]2CC[C@@H](OC(=O)N3CCc4nc(N5CCN(c6ncc(C(=O)NCCOCCOCCOCCOCCC(C)=O)c(N)n6)CC5)ncc4C3)[C@H](OC)C2)CC(=O)[C@H](C)/C=C(\C)[C@@H](O)[C@@H](O)C(=O)[C@H](C)C[C@H](C)/C=C/C=C/C=C/1C. The van der Waals surface area contributed by atoms with Crippen LogP contribution in [0.2, 0.25) is 0 Å². The first-order chi connectivity index (χ1) is 52.2. The second kappa shape index (κ2) is 42.7. The average molecular weight is 1530 g/mol. The van der Waals surface area contributed by atoms with Gasteiger partial charge in [-0.15, -0.1) is 0 Å². The van der Waals surface area contributed by atoms with Crippen LogP contribution in [0.25, 0.3) is 0 Å². The van der Waals surface area contributed by atoms with Gasteiger partial charge < -0.3 is 94.3 Å². The highest BCUT2D eigenvalue weighted by atomic mass is 16.6. The van der Waals surface area contributed by atoms with Crippen LogP contribution < -0.4 is 26.6 Å². The molecule has 2 bridgehead atoms. The average Bonchev–Trinajstić information content (AvgIpc) is 0.774. The number of piperazine rings is 1. The Morgan fingerprint density at radius 1 is 0.743 bits per heavy atom. The molecular formula is C78H117N11O20. The molecule has 8 rings (SSSR count). The summed E-state index contributed by atoms with van der Waals surface area (Å²) in [4.78, 5) is 135. The summed E-state index contributed by atoms with van der Waals surface area (Å²) < 4.78 is 52.3. The van der Waals surface area contributed by atoms with Crippen molar-refractivity contribution in [3.05, 3.63) is 76.8 Å². The number of piperidine rings is 1. The van der Waals surface area contributed by atoms with E-state index in [2.05, 4.69) is 20.2 Å². The molecule has 2 aromatic heterocycles. The summed E-state index contributed by atoms with van der Waals surface area (Å²) in [6.07, 6.45) is 10.8. The number of hydrogen-bond acceptors (Lipinski definition) is 28. The number of aromatic nitrogens is 4. The third-order valence-corrected chi connectivity index (χ3v) is 21.5. The number of cyclic esters (lactones) is 1. The number of rotatable bonds is 24. The van der Waals surface area contributed by atoms with Crippen LogP contribution >= 0.6 is 0 Å². The number of anilines is 3. The van der Waals surface area contributed by atoms with Crippen LogP contribution in [0.3, 0.4) is 0 Å². The molecule has 0 radical (unpaired) electrons. The standard InChI is InChI=1S/C78H117N11O20/c1-48-15-11-10-12-16-49(2)64(101-8)43-57-20-18-53(6)78(100,109-57)70(95)73(97)89-25-14-13-17-61(89)74(98)107-65(44-62(91)50(3)40-52(5)68(93)69(94)67(92)51(4)39-48)59(79)41-55-19-21-63(66(42-55)102-9)108-77(99)88-26-22-60-56(47-88)45-82-75(84-60)86-27-29-87(30-28-86)76-83-46-58(71(80)85-76)72(96)81-24-32-104-34-36-106-38-37-105-35-33-103-31-23-54(7)90/h10-12,15-16,40,45-46,48,50-51,53,55,57,59,61,63-66,68-69,93-94,100H,13-14,17-39,41-44,47,79H2,1-9H3,(H,81,96)(H2,80,83,85)/b12-10+,15-11+,49-16+,52-40+/t48-,50-,51-,53-,55+,57+,59-,61+,63-,64+,65+,66-,68-,69+,78-/m1/s1. The Morgan fingerprint density at radius 3 is 2.08 bits per heavy atom. The highest BCUT2D eigenvalue weighted by molar-refractivity contribution is 6.39. The largest absolute Gasteiger partial charge is 0.459 e. The molecule has 1 aliphatic carbocycles. The van der Waals surface area contributed by atoms with Crippen molar-refractivity contribution in [3.63, 3.8) is 0 Å². The number of amides is 3. The smallest absolute Gasteiger partial charge is 0.410 e. The number of nitrogens with two attached hydrogens (primary N) is 2. The fourth-order valence-corrected chi connectivity index (χ4v) is 14.7. The van der Waals surface area contributed by atoms with E-state index in [1.54, 1.807) is 39.0 Å². The van der Waals surface area contributed by atoms with E-state index in [4.69, 9.17) is 64.1 Å². The van der Waals surface area contributed by atoms with E-state index < -0.39 is 126 Å². The van der Waals surface area contributed by atoms with E-state index in [0.29, 0.717) is 155 Å². The quantitative estimate of drug-likeness (QED) is 0.0359. The predicted octanol–water partition coefficient (Wildman–Crippen LogP) is 4.68. The summed E-state index contributed by atoms with van der Waals surface area (Å²) >= 11 is 0. The van der Waals surface area contributed by atoms with Gasteiger partial charge in [0.15, 0.2) is 5.78 Å². The lowest BCUT2D eigenvalue weighted by atomic mass is 9.80. The first kappa shape index (κ1) is 87.0. The Kier molecular flexibility index (Phi) is 34.1. The Hall–Kier alpha value is -7.56. The van der Waals surface area contributed by atoms with E-state index in [0.717, 1.165) is 21.7 Å². The number of esters is 1. The van der Waals surface area contributed by atoms with Gasteiger partial charge in [-0.1, -0.05) is 64.2 Å². The van der Waals surface area contributed by atoms with Crippen LogP contribution in [0.15, 0.2) is 60.0 Å². The van der Waals surface area contributed by atoms with Gasteiger partial charge in [0.25, 0.3) is 17.6 Å². The summed E-state index contributed by atoms with van der Waals surface area (Å²) in [5.74, 6) is -8.70. The molecule has 31 heteroatoms. The van der Waals surface area contributed by atoms with Gasteiger partial charge in [0, 0.05) is 127 Å². The van der Waals surface area contributed by atoms with Crippen LogP contribution in [-0.4, -0.2) is 266 Å². The zero-order chi connectivity index (χ0) is 78.9. The van der Waals surface area contributed by atoms with Crippen LogP contribution in [-0.2, 0) is 84.4 Å². The minimum absolute atomic E-state index is 0.00504. The van der Waals surface area contributed by atoms with E-state index >= 15 is 0 Å². The first-order valence-electron chi connectivity index (χ1n) is 38.6. The fraction of sp³-hybridized carbons (Fsp3) is 0.692. The van der Waals surface area contributed by atoms with Crippen molar-refractivity contribution >= 4 is 64.7 Å². The van der Waals surface area contributed by atoms with Crippen molar-refractivity contribution in [2.75, 3.05) is 128 Å². The van der Waals surface area contributed by atoms with Crippen LogP contribution in [0.5, 0.6) is 0 Å². The maximum atomic E-state index is 14.7. The molecule has 1 saturated carbocycles. The lowest BCUT2D eigenvalue weighted by molar-refractivity contribution is -0.265. The molecule has 31 nitrogen and oxygen atoms in total. The van der Waals surface area contributed by atoms with Crippen molar-refractivity contribution in [2.45, 2.75) is 206 Å². The Balaban J connectivity index is 0.843. The van der Waals surface area contributed by atoms with Crippen molar-refractivity contribution in [1.82, 2.24) is 35.1 Å². The van der Waals surface area contributed by atoms with Crippen LogP contribution in [0.1, 0.15) is 154 Å². The van der Waals surface area contributed by atoms with Gasteiger partial charge in [-0.3, -0.25) is 28.8 Å². The second-order valence-electron chi connectivity index (χ2n) is 29.8. The molecule has 2 aromatic rings. The number of carbonyl (C=O) groups is 8. The number of fused-ring (bicyclic) bond motifs is 4. The molecule has 15 atom stereocenters. The lowest BCUT2D eigenvalue weighted by Gasteiger charge is -2.42. The number of Topliss-reactive ketones (excluding diaryl/α,β-unsaturated/α-hetero) is 4. The Bertz CT molecular complexity index is 3520. The van der Waals surface area contributed by atoms with E-state index in [-0.39, 0.29) is 80.1 Å². The summed E-state index contributed by atoms with van der Waals surface area (Å²) in [6.45, 7) is 17.7. The minimum Gasteiger partial charge on any atom is -0.459 e. The number of aliphatic hydroxyl groups excluding tert-OH is 2. The van der Waals surface area contributed by atoms with Crippen molar-refractivity contribution in [3.8, 4) is 0 Å². The number of methoxy groups -OCH3 is 2. The molecule has 604 valence electrons. The maximum Gasteiger partial charge on any atom is 0.410 e.